The molecule has 0 aromatic carbocycles. The minimum absolute atomic E-state index is 0.0450. The first-order valence-corrected chi connectivity index (χ1v) is 6.35. The van der Waals surface area contributed by atoms with E-state index in [4.69, 9.17) is 4.74 Å². The van der Waals surface area contributed by atoms with E-state index in [1.54, 1.807) is 0 Å². The fourth-order valence-electron chi connectivity index (χ4n) is 2.23. The van der Waals surface area contributed by atoms with Crippen LogP contribution in [0, 0.1) is 11.8 Å². The number of rotatable bonds is 4. The largest absolute Gasteiger partial charge is 0.462 e. The summed E-state index contributed by atoms with van der Waals surface area (Å²) in [5.41, 5.74) is 0. The molecule has 1 heterocycles. The molecule has 2 atom stereocenters. The van der Waals surface area contributed by atoms with Crippen molar-refractivity contribution in [1.82, 2.24) is 0 Å². The smallest absolute Gasteiger partial charge is 0.309 e. The zero-order chi connectivity index (χ0) is 11.3. The van der Waals surface area contributed by atoms with E-state index in [9.17, 15) is 4.79 Å². The molecule has 2 unspecified atom stereocenters. The van der Waals surface area contributed by atoms with E-state index in [1.165, 1.54) is 12.8 Å². The van der Waals surface area contributed by atoms with Crippen molar-refractivity contribution in [2.75, 3.05) is 0 Å². The molecule has 0 amide bonds. The summed E-state index contributed by atoms with van der Waals surface area (Å²) in [6, 6.07) is 0. The van der Waals surface area contributed by atoms with Crippen LogP contribution in [-0.4, -0.2) is 12.1 Å². The van der Waals surface area contributed by atoms with Gasteiger partial charge in [-0.25, -0.2) is 0 Å². The van der Waals surface area contributed by atoms with Crippen LogP contribution in [0.25, 0.3) is 0 Å². The molecule has 0 spiro atoms. The third kappa shape index (κ3) is 3.84. The third-order valence-electron chi connectivity index (χ3n) is 3.31. The third-order valence-corrected chi connectivity index (χ3v) is 3.31. The van der Waals surface area contributed by atoms with Crippen LogP contribution in [0.5, 0.6) is 0 Å². The van der Waals surface area contributed by atoms with Gasteiger partial charge in [-0.2, -0.15) is 0 Å². The summed E-state index contributed by atoms with van der Waals surface area (Å²) in [6.07, 6.45) is 6.82. The SMILES string of the molecule is CCCCC1CCCC(C(C)C)C(=O)O1. The second-order valence-electron chi connectivity index (χ2n) is 4.98. The number of carbonyl (C=O) groups excluding carboxylic acids is 1. The van der Waals surface area contributed by atoms with Crippen LogP contribution in [0.15, 0.2) is 0 Å². The summed E-state index contributed by atoms with van der Waals surface area (Å²) in [6.45, 7) is 6.39. The Balaban J connectivity index is 2.46. The highest BCUT2D eigenvalue weighted by atomic mass is 16.5. The van der Waals surface area contributed by atoms with Crippen molar-refractivity contribution in [3.05, 3.63) is 0 Å². The minimum atomic E-state index is 0.0450. The number of hydrogen-bond acceptors (Lipinski definition) is 2. The molecule has 2 heteroatoms. The maximum atomic E-state index is 11.8. The van der Waals surface area contributed by atoms with E-state index in [0.717, 1.165) is 25.7 Å². The normalized spacial score (nSPS) is 27.6. The average molecular weight is 212 g/mol. The van der Waals surface area contributed by atoms with Gasteiger partial charge in [0.1, 0.15) is 6.10 Å². The van der Waals surface area contributed by atoms with Crippen LogP contribution in [0.3, 0.4) is 0 Å². The summed E-state index contributed by atoms with van der Waals surface area (Å²) in [5, 5.41) is 0. The van der Waals surface area contributed by atoms with Crippen LogP contribution in [0.4, 0.5) is 0 Å². The van der Waals surface area contributed by atoms with Crippen LogP contribution in [0.2, 0.25) is 0 Å². The highest BCUT2D eigenvalue weighted by Gasteiger charge is 2.29. The first-order chi connectivity index (χ1) is 7.15. The number of unbranched alkanes of at least 4 members (excludes halogenated alkanes) is 1. The zero-order valence-electron chi connectivity index (χ0n) is 10.3. The van der Waals surface area contributed by atoms with Gasteiger partial charge in [0, 0.05) is 0 Å². The van der Waals surface area contributed by atoms with Gasteiger partial charge < -0.3 is 4.74 Å². The Kier molecular flexibility index (Phi) is 5.13. The summed E-state index contributed by atoms with van der Waals surface area (Å²) in [4.78, 5) is 11.8. The van der Waals surface area contributed by atoms with Crippen LogP contribution in [0.1, 0.15) is 59.3 Å². The second kappa shape index (κ2) is 6.14. The summed E-state index contributed by atoms with van der Waals surface area (Å²) in [5.74, 6) is 0.600. The number of carbonyl (C=O) groups is 1. The topological polar surface area (TPSA) is 26.3 Å². The zero-order valence-corrected chi connectivity index (χ0v) is 10.3. The Morgan fingerprint density at radius 1 is 1.40 bits per heavy atom. The molecule has 0 N–H and O–H groups in total. The van der Waals surface area contributed by atoms with Gasteiger partial charge in [0.2, 0.25) is 0 Å². The minimum Gasteiger partial charge on any atom is -0.462 e. The highest BCUT2D eigenvalue weighted by Crippen LogP contribution is 2.27. The van der Waals surface area contributed by atoms with Crippen molar-refractivity contribution >= 4 is 5.97 Å². The van der Waals surface area contributed by atoms with E-state index >= 15 is 0 Å². The predicted molar refractivity (Wildman–Crippen MR) is 61.6 cm³/mol. The van der Waals surface area contributed by atoms with Crippen molar-refractivity contribution in [2.45, 2.75) is 65.4 Å². The highest BCUT2D eigenvalue weighted by molar-refractivity contribution is 5.73. The van der Waals surface area contributed by atoms with Crippen molar-refractivity contribution in [3.63, 3.8) is 0 Å². The predicted octanol–water partition coefficient (Wildman–Crippen LogP) is 3.54. The number of hydrogen-bond donors (Lipinski definition) is 0. The fourth-order valence-corrected chi connectivity index (χ4v) is 2.23. The molecule has 1 rings (SSSR count). The number of cyclic esters (lactones) is 1. The molecule has 1 aliphatic heterocycles. The standard InChI is InChI=1S/C13H24O2/c1-4-5-7-11-8-6-9-12(10(2)3)13(14)15-11/h10-12H,4-9H2,1-3H3. The molecule has 1 fully saturated rings. The Bertz CT molecular complexity index is 199. The summed E-state index contributed by atoms with van der Waals surface area (Å²) in [7, 11) is 0. The number of ether oxygens (including phenoxy) is 1. The van der Waals surface area contributed by atoms with E-state index in [0.29, 0.717) is 5.92 Å². The van der Waals surface area contributed by atoms with Gasteiger partial charge in [-0.15, -0.1) is 0 Å². The Morgan fingerprint density at radius 2 is 2.13 bits per heavy atom. The lowest BCUT2D eigenvalue weighted by atomic mass is 9.91. The average Bonchev–Trinajstić information content (AvgIpc) is 2.36. The summed E-state index contributed by atoms with van der Waals surface area (Å²) < 4.78 is 5.55. The molecule has 15 heavy (non-hydrogen) atoms. The molecule has 0 bridgehead atoms. The molecule has 88 valence electrons. The first-order valence-electron chi connectivity index (χ1n) is 6.35. The molecule has 0 aromatic rings. The Hall–Kier alpha value is -0.530. The molecule has 1 aliphatic rings. The summed E-state index contributed by atoms with van der Waals surface area (Å²) >= 11 is 0. The van der Waals surface area contributed by atoms with Gasteiger partial charge in [-0.05, 0) is 31.6 Å². The van der Waals surface area contributed by atoms with E-state index in [1.807, 2.05) is 0 Å². The molecule has 2 nitrogen and oxygen atoms in total. The first kappa shape index (κ1) is 12.5. The molecular formula is C13H24O2. The van der Waals surface area contributed by atoms with Crippen molar-refractivity contribution in [2.24, 2.45) is 11.8 Å². The van der Waals surface area contributed by atoms with Gasteiger partial charge in [0.15, 0.2) is 0 Å². The monoisotopic (exact) mass is 212 g/mol. The van der Waals surface area contributed by atoms with Gasteiger partial charge in [0.05, 0.1) is 5.92 Å². The Labute approximate surface area is 93.4 Å². The van der Waals surface area contributed by atoms with Crippen LogP contribution in [-0.2, 0) is 9.53 Å². The molecule has 1 saturated heterocycles. The lowest BCUT2D eigenvalue weighted by molar-refractivity contribution is -0.154. The molecule has 0 aliphatic carbocycles. The quantitative estimate of drug-likeness (QED) is 0.666. The lowest BCUT2D eigenvalue weighted by Gasteiger charge is -2.18. The van der Waals surface area contributed by atoms with Crippen molar-refractivity contribution in [1.29, 1.82) is 0 Å². The van der Waals surface area contributed by atoms with Gasteiger partial charge in [-0.3, -0.25) is 4.79 Å². The second-order valence-corrected chi connectivity index (χ2v) is 4.98. The van der Waals surface area contributed by atoms with Crippen LogP contribution < -0.4 is 0 Å². The Morgan fingerprint density at radius 3 is 2.73 bits per heavy atom. The fraction of sp³-hybridized carbons (Fsp3) is 0.923. The lowest BCUT2D eigenvalue weighted by Crippen LogP contribution is -2.24. The number of esters is 1. The molecule has 0 saturated carbocycles. The van der Waals surface area contributed by atoms with Gasteiger partial charge in [-0.1, -0.05) is 33.6 Å². The van der Waals surface area contributed by atoms with E-state index in [-0.39, 0.29) is 18.0 Å². The van der Waals surface area contributed by atoms with Crippen molar-refractivity contribution in [3.8, 4) is 0 Å². The van der Waals surface area contributed by atoms with Gasteiger partial charge in [0.25, 0.3) is 0 Å². The maximum absolute atomic E-state index is 11.8. The van der Waals surface area contributed by atoms with E-state index < -0.39 is 0 Å². The van der Waals surface area contributed by atoms with Crippen molar-refractivity contribution < 1.29 is 9.53 Å². The molecule has 0 radical (unpaired) electrons. The van der Waals surface area contributed by atoms with Crippen LogP contribution >= 0.6 is 0 Å². The maximum Gasteiger partial charge on any atom is 0.309 e. The molecular weight excluding hydrogens is 188 g/mol. The van der Waals surface area contributed by atoms with E-state index in [2.05, 4.69) is 20.8 Å². The molecule has 0 aromatic heterocycles. The van der Waals surface area contributed by atoms with Gasteiger partial charge >= 0.3 is 5.97 Å².